The second-order valence-corrected chi connectivity index (χ2v) is 7.09. The molecule has 1 heterocycles. The predicted octanol–water partition coefficient (Wildman–Crippen LogP) is 1.86. The van der Waals surface area contributed by atoms with Gasteiger partial charge >= 0.3 is 0 Å². The average molecular weight is 253 g/mol. The fraction of sp³-hybridized carbons (Fsp3) is 0.538. The molecule has 0 amide bonds. The van der Waals surface area contributed by atoms with Crippen molar-refractivity contribution in [3.05, 3.63) is 29.8 Å². The Bertz CT molecular complexity index is 471. The van der Waals surface area contributed by atoms with Crippen LogP contribution in [-0.4, -0.2) is 38.7 Å². The van der Waals surface area contributed by atoms with E-state index in [4.69, 9.17) is 0 Å². The summed E-state index contributed by atoms with van der Waals surface area (Å²) in [6, 6.07) is 7.18. The van der Waals surface area contributed by atoms with Crippen molar-refractivity contribution in [2.24, 2.45) is 0 Å². The van der Waals surface area contributed by atoms with Crippen LogP contribution in [0.2, 0.25) is 0 Å². The topological polar surface area (TPSA) is 37.4 Å². The molecule has 1 aliphatic heterocycles. The Morgan fingerprint density at radius 1 is 1.12 bits per heavy atom. The van der Waals surface area contributed by atoms with E-state index in [0.29, 0.717) is 4.90 Å². The number of piperidine rings is 1. The molecule has 0 spiro atoms. The van der Waals surface area contributed by atoms with Gasteiger partial charge in [-0.2, -0.15) is 0 Å². The molecule has 1 aromatic carbocycles. The second kappa shape index (κ2) is 4.78. The number of hydrogen-bond donors (Lipinski definition) is 0. The minimum atomic E-state index is -3.13. The smallest absolute Gasteiger partial charge is 0.181 e. The summed E-state index contributed by atoms with van der Waals surface area (Å²) in [5, 5.41) is -0.207. The Morgan fingerprint density at radius 2 is 1.65 bits per heavy atom. The first-order valence-electron chi connectivity index (χ1n) is 5.99. The standard InChI is InChI=1S/C13H19NO2S/c1-11-3-5-12(6-4-11)17(15,16)13-7-9-14(2)10-8-13/h3-6,13H,7-10H2,1-2H3. The summed E-state index contributed by atoms with van der Waals surface area (Å²) in [7, 11) is -1.09. The van der Waals surface area contributed by atoms with E-state index >= 15 is 0 Å². The van der Waals surface area contributed by atoms with Crippen LogP contribution in [0.5, 0.6) is 0 Å². The highest BCUT2D eigenvalue weighted by Gasteiger charge is 2.30. The lowest BCUT2D eigenvalue weighted by molar-refractivity contribution is 0.277. The summed E-state index contributed by atoms with van der Waals surface area (Å²) in [5.74, 6) is 0. The predicted molar refractivity (Wildman–Crippen MR) is 68.9 cm³/mol. The number of hydrogen-bond acceptors (Lipinski definition) is 3. The maximum Gasteiger partial charge on any atom is 0.181 e. The molecule has 0 aromatic heterocycles. The molecule has 0 radical (unpaired) electrons. The molecular formula is C13H19NO2S. The zero-order valence-electron chi connectivity index (χ0n) is 10.4. The van der Waals surface area contributed by atoms with Gasteiger partial charge < -0.3 is 4.90 Å². The quantitative estimate of drug-likeness (QED) is 0.807. The van der Waals surface area contributed by atoms with E-state index < -0.39 is 9.84 Å². The van der Waals surface area contributed by atoms with Crippen molar-refractivity contribution in [2.75, 3.05) is 20.1 Å². The summed E-state index contributed by atoms with van der Waals surface area (Å²) in [6.45, 7) is 3.71. The number of sulfone groups is 1. The summed E-state index contributed by atoms with van der Waals surface area (Å²) < 4.78 is 24.8. The molecule has 17 heavy (non-hydrogen) atoms. The van der Waals surface area contributed by atoms with Crippen molar-refractivity contribution in [1.29, 1.82) is 0 Å². The Kier molecular flexibility index (Phi) is 3.54. The maximum absolute atomic E-state index is 12.4. The molecule has 1 fully saturated rings. The third kappa shape index (κ3) is 2.69. The van der Waals surface area contributed by atoms with Gasteiger partial charge in [0, 0.05) is 0 Å². The van der Waals surface area contributed by atoms with Crippen molar-refractivity contribution in [1.82, 2.24) is 4.90 Å². The molecule has 2 rings (SSSR count). The molecule has 0 unspecified atom stereocenters. The third-order valence-electron chi connectivity index (χ3n) is 3.45. The zero-order chi connectivity index (χ0) is 12.5. The number of benzene rings is 1. The van der Waals surface area contributed by atoms with Crippen LogP contribution in [0.3, 0.4) is 0 Å². The fourth-order valence-corrected chi connectivity index (χ4v) is 3.95. The Morgan fingerprint density at radius 3 is 2.18 bits per heavy atom. The molecule has 4 heteroatoms. The minimum Gasteiger partial charge on any atom is -0.306 e. The minimum absolute atomic E-state index is 0.207. The van der Waals surface area contributed by atoms with Crippen LogP contribution < -0.4 is 0 Å². The van der Waals surface area contributed by atoms with Gasteiger partial charge in [-0.3, -0.25) is 0 Å². The van der Waals surface area contributed by atoms with Gasteiger partial charge in [-0.25, -0.2) is 8.42 Å². The van der Waals surface area contributed by atoms with Crippen LogP contribution in [0.15, 0.2) is 29.2 Å². The van der Waals surface area contributed by atoms with Crippen molar-refractivity contribution in [3.63, 3.8) is 0 Å². The van der Waals surface area contributed by atoms with E-state index in [-0.39, 0.29) is 5.25 Å². The molecule has 0 bridgehead atoms. The van der Waals surface area contributed by atoms with Gasteiger partial charge in [-0.05, 0) is 52.0 Å². The van der Waals surface area contributed by atoms with Gasteiger partial charge in [0.1, 0.15) is 0 Å². The van der Waals surface area contributed by atoms with E-state index in [1.807, 2.05) is 26.1 Å². The van der Waals surface area contributed by atoms with Gasteiger partial charge in [0.05, 0.1) is 10.1 Å². The molecule has 94 valence electrons. The van der Waals surface area contributed by atoms with Gasteiger partial charge in [-0.15, -0.1) is 0 Å². The lowest BCUT2D eigenvalue weighted by atomic mass is 10.1. The molecular weight excluding hydrogens is 234 g/mol. The van der Waals surface area contributed by atoms with Gasteiger partial charge in [-0.1, -0.05) is 17.7 Å². The third-order valence-corrected chi connectivity index (χ3v) is 5.73. The normalized spacial score (nSPS) is 19.4. The van der Waals surface area contributed by atoms with E-state index in [1.165, 1.54) is 0 Å². The number of nitrogens with zero attached hydrogens (tertiary/aromatic N) is 1. The Labute approximate surface area is 103 Å². The van der Waals surface area contributed by atoms with E-state index in [9.17, 15) is 8.42 Å². The number of likely N-dealkylation sites (tertiary alicyclic amines) is 1. The number of aryl methyl sites for hydroxylation is 1. The van der Waals surface area contributed by atoms with Crippen molar-refractivity contribution in [2.45, 2.75) is 29.9 Å². The van der Waals surface area contributed by atoms with E-state index in [0.717, 1.165) is 31.5 Å². The monoisotopic (exact) mass is 253 g/mol. The van der Waals surface area contributed by atoms with Crippen LogP contribution in [0.25, 0.3) is 0 Å². The molecule has 0 atom stereocenters. The largest absolute Gasteiger partial charge is 0.306 e. The number of rotatable bonds is 2. The highest BCUT2D eigenvalue weighted by Crippen LogP contribution is 2.24. The van der Waals surface area contributed by atoms with Crippen LogP contribution >= 0.6 is 0 Å². The first-order valence-corrected chi connectivity index (χ1v) is 7.54. The molecule has 0 aliphatic carbocycles. The van der Waals surface area contributed by atoms with E-state index in [1.54, 1.807) is 12.1 Å². The summed E-state index contributed by atoms with van der Waals surface area (Å²) >= 11 is 0. The van der Waals surface area contributed by atoms with Gasteiger partial charge in [0.2, 0.25) is 0 Å². The van der Waals surface area contributed by atoms with E-state index in [2.05, 4.69) is 4.90 Å². The van der Waals surface area contributed by atoms with Gasteiger partial charge in [0.15, 0.2) is 9.84 Å². The molecule has 0 saturated carbocycles. The highest BCUT2D eigenvalue weighted by atomic mass is 32.2. The van der Waals surface area contributed by atoms with Crippen LogP contribution in [0.4, 0.5) is 0 Å². The van der Waals surface area contributed by atoms with Crippen LogP contribution in [0.1, 0.15) is 18.4 Å². The second-order valence-electron chi connectivity index (χ2n) is 4.86. The summed E-state index contributed by atoms with van der Waals surface area (Å²) in [4.78, 5) is 2.65. The molecule has 3 nitrogen and oxygen atoms in total. The molecule has 1 saturated heterocycles. The lowest BCUT2D eigenvalue weighted by Gasteiger charge is -2.28. The fourth-order valence-electron chi connectivity index (χ4n) is 2.22. The molecule has 0 N–H and O–H groups in total. The first-order chi connectivity index (χ1) is 8.00. The molecule has 1 aromatic rings. The first kappa shape index (κ1) is 12.6. The summed E-state index contributed by atoms with van der Waals surface area (Å²) in [5.41, 5.74) is 1.09. The summed E-state index contributed by atoms with van der Waals surface area (Å²) in [6.07, 6.45) is 1.49. The Balaban J connectivity index is 2.21. The molecule has 1 aliphatic rings. The SMILES string of the molecule is Cc1ccc(S(=O)(=O)C2CCN(C)CC2)cc1. The maximum atomic E-state index is 12.4. The van der Waals surface area contributed by atoms with Gasteiger partial charge in [0.25, 0.3) is 0 Å². The van der Waals surface area contributed by atoms with Crippen LogP contribution in [-0.2, 0) is 9.84 Å². The van der Waals surface area contributed by atoms with Crippen molar-refractivity contribution < 1.29 is 8.42 Å². The Hall–Kier alpha value is -0.870. The lowest BCUT2D eigenvalue weighted by Crippen LogP contribution is -2.37. The van der Waals surface area contributed by atoms with Crippen LogP contribution in [0, 0.1) is 6.92 Å². The zero-order valence-corrected chi connectivity index (χ0v) is 11.2. The average Bonchev–Trinajstić information content (AvgIpc) is 2.30. The highest BCUT2D eigenvalue weighted by molar-refractivity contribution is 7.92. The van der Waals surface area contributed by atoms with Crippen molar-refractivity contribution >= 4 is 9.84 Å². The van der Waals surface area contributed by atoms with Crippen molar-refractivity contribution in [3.8, 4) is 0 Å².